The van der Waals surface area contributed by atoms with Crippen molar-refractivity contribution in [3.63, 3.8) is 0 Å². The largest absolute Gasteiger partial charge is 0.394 e. The van der Waals surface area contributed by atoms with Gasteiger partial charge in [0.2, 0.25) is 0 Å². The second-order valence-corrected chi connectivity index (χ2v) is 1.90. The van der Waals surface area contributed by atoms with Crippen LogP contribution < -0.4 is 5.32 Å². The number of aromatic nitrogens is 1. The lowest BCUT2D eigenvalue weighted by molar-refractivity contribution is 1.11. The van der Waals surface area contributed by atoms with Gasteiger partial charge in [-0.25, -0.2) is 0 Å². The molecule has 0 aliphatic heterocycles. The minimum atomic E-state index is 1.16. The van der Waals surface area contributed by atoms with Crippen LogP contribution in [-0.4, -0.2) is 12.0 Å². The average Bonchev–Trinajstić information content (AvgIpc) is 2.03. The van der Waals surface area contributed by atoms with Crippen LogP contribution in [0.25, 0.3) is 6.08 Å². The molecule has 0 saturated carbocycles. The van der Waals surface area contributed by atoms with Crippen LogP contribution in [0.3, 0.4) is 0 Å². The van der Waals surface area contributed by atoms with Crippen molar-refractivity contribution in [2.24, 2.45) is 0 Å². The van der Waals surface area contributed by atoms with E-state index < -0.39 is 0 Å². The van der Waals surface area contributed by atoms with E-state index in [2.05, 4.69) is 10.3 Å². The van der Waals surface area contributed by atoms with E-state index >= 15 is 0 Å². The van der Waals surface area contributed by atoms with Gasteiger partial charge >= 0.3 is 0 Å². The van der Waals surface area contributed by atoms with Gasteiger partial charge in [-0.3, -0.25) is 4.98 Å². The Morgan fingerprint density at radius 2 is 2.10 bits per heavy atom. The Morgan fingerprint density at radius 1 is 1.40 bits per heavy atom. The number of nitrogens with one attached hydrogen (secondary N) is 1. The summed E-state index contributed by atoms with van der Waals surface area (Å²) in [6.07, 6.45) is 7.42. The van der Waals surface area contributed by atoms with Crippen LogP contribution in [-0.2, 0) is 0 Å². The van der Waals surface area contributed by atoms with E-state index in [0.29, 0.717) is 0 Å². The Labute approximate surface area is 60.6 Å². The lowest BCUT2D eigenvalue weighted by atomic mass is 10.3. The molecule has 0 radical (unpaired) electrons. The van der Waals surface area contributed by atoms with Gasteiger partial charge in [0.15, 0.2) is 0 Å². The highest BCUT2D eigenvalue weighted by Crippen LogP contribution is 1.96. The summed E-state index contributed by atoms with van der Waals surface area (Å²) in [5, 5.41) is 2.92. The zero-order valence-corrected chi connectivity index (χ0v) is 5.91. The van der Waals surface area contributed by atoms with Gasteiger partial charge in [-0.15, -0.1) is 0 Å². The van der Waals surface area contributed by atoms with Gasteiger partial charge in [0, 0.05) is 19.4 Å². The van der Waals surface area contributed by atoms with Gasteiger partial charge in [0.05, 0.1) is 0 Å². The third-order valence-electron chi connectivity index (χ3n) is 1.15. The molecule has 1 heterocycles. The molecule has 10 heavy (non-hydrogen) atoms. The Hall–Kier alpha value is -1.31. The molecular formula is C8H10N2. The second-order valence-electron chi connectivity index (χ2n) is 1.90. The maximum atomic E-state index is 3.90. The van der Waals surface area contributed by atoms with E-state index in [1.165, 1.54) is 0 Å². The number of hydrogen-bond donors (Lipinski definition) is 1. The van der Waals surface area contributed by atoms with Crippen molar-refractivity contribution < 1.29 is 0 Å². The molecule has 0 aromatic carbocycles. The smallest absolute Gasteiger partial charge is 0.0273 e. The van der Waals surface area contributed by atoms with E-state index in [1.54, 1.807) is 12.4 Å². The molecule has 0 fully saturated rings. The second kappa shape index (κ2) is 3.67. The predicted molar refractivity (Wildman–Crippen MR) is 42.3 cm³/mol. The average molecular weight is 134 g/mol. The highest BCUT2D eigenvalue weighted by Gasteiger charge is 1.79. The molecule has 1 aromatic rings. The Bertz CT molecular complexity index is 204. The van der Waals surface area contributed by atoms with Gasteiger partial charge in [0.1, 0.15) is 0 Å². The molecule has 0 atom stereocenters. The highest BCUT2D eigenvalue weighted by molar-refractivity contribution is 5.47. The summed E-state index contributed by atoms with van der Waals surface area (Å²) in [6, 6.07) is 3.90. The fourth-order valence-electron chi connectivity index (χ4n) is 0.654. The van der Waals surface area contributed by atoms with Crippen LogP contribution >= 0.6 is 0 Å². The van der Waals surface area contributed by atoms with Gasteiger partial charge < -0.3 is 5.32 Å². The first kappa shape index (κ1) is 6.81. The first-order valence-corrected chi connectivity index (χ1v) is 3.17. The van der Waals surface area contributed by atoms with Crippen molar-refractivity contribution in [3.05, 3.63) is 36.3 Å². The van der Waals surface area contributed by atoms with E-state index in [0.717, 1.165) is 5.56 Å². The van der Waals surface area contributed by atoms with Crippen LogP contribution in [0.5, 0.6) is 0 Å². The minimum absolute atomic E-state index is 1.16. The molecule has 1 rings (SSSR count). The fourth-order valence-corrected chi connectivity index (χ4v) is 0.654. The lowest BCUT2D eigenvalue weighted by Crippen LogP contribution is -1.90. The summed E-state index contributed by atoms with van der Waals surface area (Å²) in [5.41, 5.74) is 1.16. The molecule has 1 N–H and O–H groups in total. The monoisotopic (exact) mass is 134 g/mol. The summed E-state index contributed by atoms with van der Waals surface area (Å²) < 4.78 is 0. The molecule has 0 aliphatic carbocycles. The summed E-state index contributed by atoms with van der Waals surface area (Å²) in [7, 11) is 1.87. The SMILES string of the molecule is CN/C=C\c1ccncc1. The molecule has 52 valence electrons. The maximum absolute atomic E-state index is 3.90. The molecule has 2 nitrogen and oxygen atoms in total. The fraction of sp³-hybridized carbons (Fsp3) is 0.125. The molecule has 0 spiro atoms. The van der Waals surface area contributed by atoms with Crippen molar-refractivity contribution >= 4 is 6.08 Å². The van der Waals surface area contributed by atoms with Crippen molar-refractivity contribution in [1.82, 2.24) is 10.3 Å². The molecule has 0 unspecified atom stereocenters. The zero-order chi connectivity index (χ0) is 7.23. The standard InChI is InChI=1S/C8H10N2/c1-9-5-2-8-3-6-10-7-4-8/h2-7,9H,1H3/b5-2-. The Kier molecular flexibility index (Phi) is 2.49. The van der Waals surface area contributed by atoms with Crippen LogP contribution in [0, 0.1) is 0 Å². The topological polar surface area (TPSA) is 24.9 Å². The van der Waals surface area contributed by atoms with E-state index in [9.17, 15) is 0 Å². The van der Waals surface area contributed by atoms with Crippen molar-refractivity contribution in [2.75, 3.05) is 7.05 Å². The summed E-state index contributed by atoms with van der Waals surface area (Å²) in [6.45, 7) is 0. The van der Waals surface area contributed by atoms with Crippen molar-refractivity contribution in [2.45, 2.75) is 0 Å². The van der Waals surface area contributed by atoms with Crippen molar-refractivity contribution in [3.8, 4) is 0 Å². The van der Waals surface area contributed by atoms with Gasteiger partial charge in [-0.2, -0.15) is 0 Å². The zero-order valence-electron chi connectivity index (χ0n) is 5.91. The maximum Gasteiger partial charge on any atom is 0.0273 e. The van der Waals surface area contributed by atoms with E-state index in [-0.39, 0.29) is 0 Å². The van der Waals surface area contributed by atoms with Crippen LogP contribution in [0.1, 0.15) is 5.56 Å². The van der Waals surface area contributed by atoms with Gasteiger partial charge in [-0.05, 0) is 30.0 Å². The minimum Gasteiger partial charge on any atom is -0.394 e. The first-order valence-electron chi connectivity index (χ1n) is 3.17. The summed E-state index contributed by atoms with van der Waals surface area (Å²) >= 11 is 0. The molecular weight excluding hydrogens is 124 g/mol. The molecule has 0 bridgehead atoms. The third kappa shape index (κ3) is 1.90. The van der Waals surface area contributed by atoms with Gasteiger partial charge in [-0.1, -0.05) is 0 Å². The summed E-state index contributed by atoms with van der Waals surface area (Å²) in [5.74, 6) is 0. The van der Waals surface area contributed by atoms with Crippen molar-refractivity contribution in [1.29, 1.82) is 0 Å². The van der Waals surface area contributed by atoms with Gasteiger partial charge in [0.25, 0.3) is 0 Å². The Morgan fingerprint density at radius 3 is 2.70 bits per heavy atom. The highest BCUT2D eigenvalue weighted by atomic mass is 14.8. The number of pyridine rings is 1. The Balaban J connectivity index is 2.67. The molecule has 0 amide bonds. The van der Waals surface area contributed by atoms with Crippen LogP contribution in [0.15, 0.2) is 30.7 Å². The normalized spacial score (nSPS) is 10.1. The number of hydrogen-bond acceptors (Lipinski definition) is 2. The summed E-state index contributed by atoms with van der Waals surface area (Å²) in [4.78, 5) is 3.90. The number of rotatable bonds is 2. The number of nitrogens with zero attached hydrogens (tertiary/aromatic N) is 1. The van der Waals surface area contributed by atoms with Crippen LogP contribution in [0.4, 0.5) is 0 Å². The van der Waals surface area contributed by atoms with E-state index in [4.69, 9.17) is 0 Å². The molecule has 0 aliphatic rings. The quantitative estimate of drug-likeness (QED) is 0.659. The molecule has 1 aromatic heterocycles. The van der Waals surface area contributed by atoms with E-state index in [1.807, 2.05) is 31.5 Å². The third-order valence-corrected chi connectivity index (χ3v) is 1.15. The first-order chi connectivity index (χ1) is 4.93. The lowest BCUT2D eigenvalue weighted by Gasteiger charge is -1.89. The molecule has 2 heteroatoms. The van der Waals surface area contributed by atoms with Crippen LogP contribution in [0.2, 0.25) is 0 Å². The molecule has 0 saturated heterocycles. The predicted octanol–water partition coefficient (Wildman–Crippen LogP) is 1.27.